The fraction of sp³-hybridized carbons (Fsp3) is 0.222. The first kappa shape index (κ1) is 12.9. The molecule has 0 spiro atoms. The average molecular weight is 264 g/mol. The molecule has 14 heavy (non-hydrogen) atoms. The van der Waals surface area contributed by atoms with Crippen molar-refractivity contribution >= 4 is 27.6 Å². The minimum Gasteiger partial charge on any atom is -0.478 e. The average Bonchev–Trinajstić information content (AvgIpc) is 2.14. The van der Waals surface area contributed by atoms with E-state index in [1.807, 2.05) is 6.92 Å². The van der Waals surface area contributed by atoms with Gasteiger partial charge in [-0.1, -0.05) is 0 Å². The minimum atomic E-state index is -1.00. The van der Waals surface area contributed by atoms with Crippen molar-refractivity contribution in [2.75, 3.05) is 12.9 Å². The maximum Gasteiger partial charge on any atom is 0.337 e. The second-order valence-electron chi connectivity index (χ2n) is 2.51. The molecule has 0 saturated carbocycles. The van der Waals surface area contributed by atoms with Crippen LogP contribution in [0, 0.1) is 6.92 Å². The van der Waals surface area contributed by atoms with Crippen molar-refractivity contribution in [2.45, 2.75) is 6.92 Å². The fourth-order valence-corrected chi connectivity index (χ4v) is 1.50. The number of carboxylic acid groups (broad SMARTS) is 1. The van der Waals surface area contributed by atoms with Crippen molar-refractivity contribution < 1.29 is 14.3 Å². The van der Waals surface area contributed by atoms with Crippen molar-refractivity contribution in [1.29, 1.82) is 0 Å². The van der Waals surface area contributed by atoms with Crippen molar-refractivity contribution in [3.8, 4) is 0 Å². The quantitative estimate of drug-likeness (QED) is 0.766. The molecule has 0 aliphatic carbocycles. The third-order valence-corrected chi connectivity index (χ3v) is 2.16. The Morgan fingerprint density at radius 3 is 2.43 bits per heavy atom. The van der Waals surface area contributed by atoms with Gasteiger partial charge in [0.25, 0.3) is 0 Å². The first-order valence-electron chi connectivity index (χ1n) is 3.69. The first-order chi connectivity index (χ1) is 6.52. The van der Waals surface area contributed by atoms with Crippen molar-refractivity contribution in [3.05, 3.63) is 27.7 Å². The smallest absolute Gasteiger partial charge is 0.337 e. The van der Waals surface area contributed by atoms with Crippen molar-refractivity contribution in [1.82, 2.24) is 0 Å². The van der Waals surface area contributed by atoms with Gasteiger partial charge in [-0.2, -0.15) is 0 Å². The Kier molecular flexibility index (Phi) is 5.15. The van der Waals surface area contributed by atoms with Crippen LogP contribution in [0.1, 0.15) is 15.9 Å². The molecule has 0 heterocycles. The molecular formula is C9H11BrFNO2. The van der Waals surface area contributed by atoms with E-state index in [0.717, 1.165) is 5.56 Å². The highest BCUT2D eigenvalue weighted by Gasteiger charge is 2.10. The van der Waals surface area contributed by atoms with Crippen LogP contribution in [0.5, 0.6) is 0 Å². The number of rotatable bonds is 1. The van der Waals surface area contributed by atoms with Crippen LogP contribution in [0.15, 0.2) is 16.6 Å². The van der Waals surface area contributed by atoms with Gasteiger partial charge >= 0.3 is 5.97 Å². The summed E-state index contributed by atoms with van der Waals surface area (Å²) in [5.41, 5.74) is 6.81. The van der Waals surface area contributed by atoms with Gasteiger partial charge < -0.3 is 10.8 Å². The molecule has 0 aliphatic heterocycles. The number of anilines is 1. The summed E-state index contributed by atoms with van der Waals surface area (Å²) in [6, 6.07) is 3.32. The van der Waals surface area contributed by atoms with E-state index in [0.29, 0.717) is 11.7 Å². The molecule has 1 aromatic rings. The molecule has 3 N–H and O–H groups in total. The molecular weight excluding hydrogens is 253 g/mol. The van der Waals surface area contributed by atoms with E-state index in [-0.39, 0.29) is 11.3 Å². The lowest BCUT2D eigenvalue weighted by Gasteiger charge is -2.04. The molecule has 0 saturated heterocycles. The summed E-state index contributed by atoms with van der Waals surface area (Å²) in [6.45, 7) is 1.82. The van der Waals surface area contributed by atoms with Gasteiger partial charge in [0.1, 0.15) is 0 Å². The standard InChI is InChI=1S/C8H8BrNO2.CH3F/c1-4-2-5(8(11)12)7(10)6(9)3-4;1-2/h2-3H,10H2,1H3,(H,11,12);1H3. The molecule has 1 aromatic carbocycles. The third-order valence-electron chi connectivity index (χ3n) is 1.50. The summed E-state index contributed by atoms with van der Waals surface area (Å²) < 4.78 is 10.1. The number of hydrogen-bond donors (Lipinski definition) is 2. The molecule has 1 rings (SSSR count). The number of aryl methyl sites for hydroxylation is 1. The van der Waals surface area contributed by atoms with Crippen LogP contribution in [-0.4, -0.2) is 18.3 Å². The normalized spacial score (nSPS) is 8.86. The van der Waals surface area contributed by atoms with E-state index in [4.69, 9.17) is 10.8 Å². The number of alkyl halides is 1. The zero-order valence-corrected chi connectivity index (χ0v) is 9.43. The maximum absolute atomic E-state index is 10.6. The highest BCUT2D eigenvalue weighted by Crippen LogP contribution is 2.24. The van der Waals surface area contributed by atoms with Gasteiger partial charge in [-0.3, -0.25) is 4.39 Å². The number of hydrogen-bond acceptors (Lipinski definition) is 2. The van der Waals surface area contributed by atoms with Crippen LogP contribution >= 0.6 is 15.9 Å². The molecule has 3 nitrogen and oxygen atoms in total. The van der Waals surface area contributed by atoms with E-state index >= 15 is 0 Å². The van der Waals surface area contributed by atoms with Crippen LogP contribution in [0.25, 0.3) is 0 Å². The molecule has 0 aliphatic rings. The Hall–Kier alpha value is -1.10. The van der Waals surface area contributed by atoms with Gasteiger partial charge in [0.2, 0.25) is 0 Å². The number of benzene rings is 1. The first-order valence-corrected chi connectivity index (χ1v) is 4.48. The molecule has 0 fully saturated rings. The van der Waals surface area contributed by atoms with E-state index in [2.05, 4.69) is 15.9 Å². The summed E-state index contributed by atoms with van der Waals surface area (Å²) in [4.78, 5) is 10.6. The Balaban J connectivity index is 0.000000791. The van der Waals surface area contributed by atoms with Crippen LogP contribution in [0.4, 0.5) is 10.1 Å². The lowest BCUT2D eigenvalue weighted by Crippen LogP contribution is -2.03. The lowest BCUT2D eigenvalue weighted by atomic mass is 10.1. The second kappa shape index (κ2) is 5.59. The largest absolute Gasteiger partial charge is 0.478 e. The predicted octanol–water partition coefficient (Wildman–Crippen LogP) is 2.62. The third kappa shape index (κ3) is 2.99. The summed E-state index contributed by atoms with van der Waals surface area (Å²) >= 11 is 3.18. The van der Waals surface area contributed by atoms with E-state index < -0.39 is 5.97 Å². The highest BCUT2D eigenvalue weighted by molar-refractivity contribution is 9.10. The number of carboxylic acids is 1. The van der Waals surface area contributed by atoms with Crippen LogP contribution in [-0.2, 0) is 0 Å². The fourth-order valence-electron chi connectivity index (χ4n) is 0.930. The molecule has 0 amide bonds. The van der Waals surface area contributed by atoms with Crippen LogP contribution in [0.2, 0.25) is 0 Å². The summed E-state index contributed by atoms with van der Waals surface area (Å²) in [6.07, 6.45) is 0. The van der Waals surface area contributed by atoms with Gasteiger partial charge in [0.15, 0.2) is 0 Å². The van der Waals surface area contributed by atoms with E-state index in [1.54, 1.807) is 12.1 Å². The summed E-state index contributed by atoms with van der Waals surface area (Å²) in [7, 11) is 0.500. The van der Waals surface area contributed by atoms with Crippen LogP contribution in [0.3, 0.4) is 0 Å². The van der Waals surface area contributed by atoms with Crippen molar-refractivity contribution in [3.63, 3.8) is 0 Å². The van der Waals surface area contributed by atoms with Crippen LogP contribution < -0.4 is 5.73 Å². The van der Waals surface area contributed by atoms with Gasteiger partial charge in [0.05, 0.1) is 18.4 Å². The molecule has 0 aromatic heterocycles. The lowest BCUT2D eigenvalue weighted by molar-refractivity contribution is 0.0698. The molecule has 0 radical (unpaired) electrons. The SMILES string of the molecule is CF.Cc1cc(Br)c(N)c(C(=O)O)c1. The molecule has 0 unspecified atom stereocenters. The number of carbonyl (C=O) groups is 1. The predicted molar refractivity (Wildman–Crippen MR) is 57.3 cm³/mol. The molecule has 0 bridgehead atoms. The van der Waals surface area contributed by atoms with Gasteiger partial charge in [-0.15, -0.1) is 0 Å². The molecule has 0 atom stereocenters. The summed E-state index contributed by atoms with van der Waals surface area (Å²) in [5.74, 6) is -1.00. The Morgan fingerprint density at radius 1 is 1.50 bits per heavy atom. The zero-order chi connectivity index (χ0) is 11.3. The molecule has 5 heteroatoms. The maximum atomic E-state index is 10.6. The summed E-state index contributed by atoms with van der Waals surface area (Å²) in [5, 5.41) is 8.71. The number of nitrogen functional groups attached to an aromatic ring is 1. The van der Waals surface area contributed by atoms with Gasteiger partial charge in [0, 0.05) is 4.47 Å². The number of halogens is 2. The number of nitrogens with two attached hydrogens (primary N) is 1. The van der Waals surface area contributed by atoms with E-state index in [1.165, 1.54) is 0 Å². The van der Waals surface area contributed by atoms with Gasteiger partial charge in [-0.25, -0.2) is 4.79 Å². The van der Waals surface area contributed by atoms with Crippen molar-refractivity contribution in [2.24, 2.45) is 0 Å². The Bertz CT molecular complexity index is 342. The topological polar surface area (TPSA) is 63.3 Å². The second-order valence-corrected chi connectivity index (χ2v) is 3.37. The zero-order valence-electron chi connectivity index (χ0n) is 7.84. The number of aromatic carboxylic acids is 1. The monoisotopic (exact) mass is 263 g/mol. The Morgan fingerprint density at radius 2 is 2.00 bits per heavy atom. The van der Waals surface area contributed by atoms with Gasteiger partial charge in [-0.05, 0) is 40.5 Å². The highest BCUT2D eigenvalue weighted by atomic mass is 79.9. The Labute approximate surface area is 89.9 Å². The molecule has 78 valence electrons. The van der Waals surface area contributed by atoms with E-state index in [9.17, 15) is 9.18 Å². The minimum absolute atomic E-state index is 0.141.